The van der Waals surface area contributed by atoms with Crippen LogP contribution >= 0.6 is 0 Å². The number of aliphatic hydroxyl groups is 3. The zero-order valence-electron chi connectivity index (χ0n) is 59.7. The number of aliphatic imine (C=N–C) groups is 1. The number of amides is 12. The number of benzene rings is 1. The second kappa shape index (κ2) is 40.4. The van der Waals surface area contributed by atoms with Gasteiger partial charge in [-0.25, -0.2) is 14.4 Å². The number of alkyl halides is 3. The Morgan fingerprint density at radius 2 is 1.23 bits per heavy atom. The second-order valence-corrected chi connectivity index (χ2v) is 27.6. The average molecular weight is 1470 g/mol. The highest BCUT2D eigenvalue weighted by Crippen LogP contribution is 2.34. The van der Waals surface area contributed by atoms with Gasteiger partial charge in [0.2, 0.25) is 65.0 Å². The molecule has 1 aromatic carbocycles. The van der Waals surface area contributed by atoms with E-state index in [4.69, 9.17) is 31.4 Å². The van der Waals surface area contributed by atoms with Gasteiger partial charge in [0, 0.05) is 6.54 Å². The summed E-state index contributed by atoms with van der Waals surface area (Å²) in [5, 5.41) is 58.0. The number of esters is 2. The van der Waals surface area contributed by atoms with Crippen LogP contribution in [-0.2, 0) is 76.5 Å². The number of nitrogens with two attached hydrogens (primary N) is 3. The van der Waals surface area contributed by atoms with Gasteiger partial charge in [-0.15, -0.1) is 0 Å². The average Bonchev–Trinajstić information content (AvgIpc) is 1.72. The molecule has 103 heavy (non-hydrogen) atoms. The van der Waals surface area contributed by atoms with Gasteiger partial charge in [0.15, 0.2) is 24.2 Å². The van der Waals surface area contributed by atoms with Crippen LogP contribution in [0.2, 0.25) is 0 Å². The molecule has 35 nitrogen and oxygen atoms in total. The number of halogens is 3. The van der Waals surface area contributed by atoms with Crippen molar-refractivity contribution in [1.29, 1.82) is 0 Å². The first-order chi connectivity index (χ1) is 47.9. The monoisotopic (exact) mass is 1470 g/mol. The highest BCUT2D eigenvalue weighted by Gasteiger charge is 2.49. The maximum atomic E-state index is 15.8. The van der Waals surface area contributed by atoms with Gasteiger partial charge in [-0.2, -0.15) is 13.2 Å². The summed E-state index contributed by atoms with van der Waals surface area (Å²) in [7, 11) is 0. The number of nitrogens with one attached hydrogen (secondary N) is 11. The minimum Gasteiger partial charge on any atom is -0.453 e. The van der Waals surface area contributed by atoms with Gasteiger partial charge in [-0.05, 0) is 95.0 Å². The molecule has 1 saturated carbocycles. The summed E-state index contributed by atoms with van der Waals surface area (Å²) in [6, 6.07) is -13.7. The quantitative estimate of drug-likeness (QED) is 0.0152. The smallest absolute Gasteiger partial charge is 0.453 e. The molecule has 0 aromatic heterocycles. The number of carbonyl (C=O) groups is 14. The molecule has 0 spiro atoms. The molecule has 2 fully saturated rings. The lowest BCUT2D eigenvalue weighted by Crippen LogP contribution is -2.64. The molecule has 578 valence electrons. The normalized spacial score (nSPS) is 23.9. The van der Waals surface area contributed by atoms with Crippen molar-refractivity contribution in [3.63, 3.8) is 0 Å². The maximum absolute atomic E-state index is 15.8. The van der Waals surface area contributed by atoms with Crippen molar-refractivity contribution in [2.45, 2.75) is 231 Å². The van der Waals surface area contributed by atoms with Crippen molar-refractivity contribution in [1.82, 2.24) is 58.5 Å². The summed E-state index contributed by atoms with van der Waals surface area (Å²) in [6.07, 6.45) is -15.8. The number of nitrogens with zero attached hydrogens (tertiary/aromatic N) is 1. The molecule has 1 aliphatic heterocycles. The molecule has 20 N–H and O–H groups in total. The Kier molecular flexibility index (Phi) is 34.4. The third-order valence-corrected chi connectivity index (χ3v) is 16.1. The van der Waals surface area contributed by atoms with Gasteiger partial charge in [-0.3, -0.25) is 57.7 Å². The van der Waals surface area contributed by atoms with Gasteiger partial charge in [0.05, 0.1) is 19.3 Å². The molecule has 0 radical (unpaired) electrons. The van der Waals surface area contributed by atoms with Crippen LogP contribution in [0.3, 0.4) is 0 Å². The van der Waals surface area contributed by atoms with E-state index in [0.29, 0.717) is 12.8 Å². The van der Waals surface area contributed by atoms with Crippen molar-refractivity contribution in [2.75, 3.05) is 19.7 Å². The third kappa shape index (κ3) is 29.4. The standard InChI is InChI=1S/C65H102F3N15O20/c1-13-32(8)42-56(94)81-43(33(9)85)55(93)73-27-41(86)79-44(47(87)50(69)88)57(95)77-40(28-84)60(98)101-49(35-18-15-14-16-19-35)46(82-54(92)39(26-34-21-22-34)75-53(91)38(25-30(4)5)78-63(100)103-64(10,11)12)59(97)83-45(48(31(6)7)102-61(99)65(66,67)68)58(96)76-37(24-29(2)3)52(90)74-36(51(89)80-42)20-17-23-72-62(70)71/h14-16,18-19,29-34,36-40,42-49,84-85,87H,13,17,20-28H2,1-12H3,(H2,69,88)(H,73,93)(H,74,90)(H,75,91)(H,76,96)(H,77,95)(H,78,100)(H,79,86)(H,80,89)(H,81,94)(H,82,92)(H,83,97)(H4,70,71,72)/t32-,33-,36+,37-,38+,39-,40-,42-,43-,44-,45-,46-,47-,48+,49+/m0/s1. The predicted octanol–water partition coefficient (Wildman–Crippen LogP) is -3.00. The third-order valence-electron chi connectivity index (χ3n) is 16.1. The minimum absolute atomic E-state index is 0.0327. The van der Waals surface area contributed by atoms with Crippen LogP contribution in [0.4, 0.5) is 18.0 Å². The number of aliphatic hydroxyl groups excluding tert-OH is 3. The summed E-state index contributed by atoms with van der Waals surface area (Å²) in [5.41, 5.74) is 15.1. The van der Waals surface area contributed by atoms with Crippen LogP contribution in [0.25, 0.3) is 0 Å². The fraction of sp³-hybridized carbons (Fsp3) is 0.677. The number of guanidine groups is 1. The van der Waals surface area contributed by atoms with E-state index in [1.165, 1.54) is 37.3 Å². The number of carbonyl (C=O) groups excluding carboxylic acids is 14. The second-order valence-electron chi connectivity index (χ2n) is 27.6. The highest BCUT2D eigenvalue weighted by molar-refractivity contribution is 6.00. The van der Waals surface area contributed by atoms with Crippen molar-refractivity contribution >= 4 is 89.0 Å². The van der Waals surface area contributed by atoms with E-state index >= 15 is 14.4 Å². The number of primary amides is 1. The van der Waals surface area contributed by atoms with Crippen LogP contribution in [-0.4, -0.2) is 214 Å². The van der Waals surface area contributed by atoms with Crippen LogP contribution in [0.1, 0.15) is 146 Å². The molecular formula is C65H102F3N15O20. The van der Waals surface area contributed by atoms with E-state index in [9.17, 15) is 81.2 Å². The Labute approximate surface area is 593 Å². The Bertz CT molecular complexity index is 3170. The predicted molar refractivity (Wildman–Crippen MR) is 359 cm³/mol. The summed E-state index contributed by atoms with van der Waals surface area (Å²) in [5.74, 6) is -23.3. The fourth-order valence-electron chi connectivity index (χ4n) is 10.4. The van der Waals surface area contributed by atoms with Crippen LogP contribution in [0.15, 0.2) is 35.3 Å². The van der Waals surface area contributed by atoms with Gasteiger partial charge >= 0.3 is 24.2 Å². The van der Waals surface area contributed by atoms with Gasteiger partial charge in [0.25, 0.3) is 0 Å². The molecule has 1 aliphatic carbocycles. The Morgan fingerprint density at radius 1 is 0.670 bits per heavy atom. The molecule has 2 aliphatic rings. The number of hydrogen-bond acceptors (Lipinski definition) is 21. The Balaban J connectivity index is 2.55. The Hall–Kier alpha value is -9.46. The summed E-state index contributed by atoms with van der Waals surface area (Å²) in [6.45, 7) is 15.0. The SMILES string of the molecule is CC[C@H](C)[C@@H]1NC(=O)[C@@H](CCCN=C(N)N)NC(=O)[C@H](CC(C)C)NC(=O)[C@H]([C@H](OC(=O)C(F)(F)F)C(C)C)NC(=O)[C@@H](NC(=O)[C@H](CC2CC2)NC(=O)[C@@H](CC(C)C)NC(=O)OC(C)(C)C)[C@@H](c2ccccc2)OC(=O)[C@H](CO)NC(=O)[C@H]([C@H](O)C(N)=O)NC(=O)CNC(=O)[C@H]([C@H](C)O)NC1=O. The molecule has 15 atom stereocenters. The van der Waals surface area contributed by atoms with Crippen LogP contribution in [0.5, 0.6) is 0 Å². The zero-order chi connectivity index (χ0) is 78.1. The van der Waals surface area contributed by atoms with Gasteiger partial charge < -0.3 is 105 Å². The van der Waals surface area contributed by atoms with Crippen molar-refractivity contribution in [3.05, 3.63) is 35.9 Å². The lowest BCUT2D eigenvalue weighted by atomic mass is 9.95. The largest absolute Gasteiger partial charge is 0.490 e. The van der Waals surface area contributed by atoms with E-state index in [2.05, 4.69) is 52.8 Å². The number of rotatable bonds is 25. The lowest BCUT2D eigenvalue weighted by molar-refractivity contribution is -0.208. The van der Waals surface area contributed by atoms with Crippen LogP contribution < -0.4 is 75.7 Å². The maximum Gasteiger partial charge on any atom is 0.490 e. The number of ether oxygens (including phenoxy) is 3. The van der Waals surface area contributed by atoms with Crippen molar-refractivity contribution in [3.8, 4) is 0 Å². The first kappa shape index (κ1) is 87.8. The molecule has 0 bridgehead atoms. The Morgan fingerprint density at radius 3 is 1.76 bits per heavy atom. The zero-order valence-corrected chi connectivity index (χ0v) is 59.7. The summed E-state index contributed by atoms with van der Waals surface area (Å²) in [4.78, 5) is 203. The first-order valence-electron chi connectivity index (χ1n) is 33.7. The van der Waals surface area contributed by atoms with E-state index in [1.54, 1.807) is 55.4 Å². The number of hydrogen-bond donors (Lipinski definition) is 17. The topological polar surface area (TPSA) is 550 Å². The van der Waals surface area contributed by atoms with Crippen molar-refractivity contribution < 1.29 is 110 Å². The molecular weight excluding hydrogens is 1370 g/mol. The van der Waals surface area contributed by atoms with E-state index in [0.717, 1.165) is 20.8 Å². The summed E-state index contributed by atoms with van der Waals surface area (Å²) < 4.78 is 59.4. The van der Waals surface area contributed by atoms with Crippen molar-refractivity contribution in [2.24, 2.45) is 51.8 Å². The van der Waals surface area contributed by atoms with E-state index < -0.39 is 211 Å². The fourth-order valence-corrected chi connectivity index (χ4v) is 10.4. The van der Waals surface area contributed by atoms with Gasteiger partial charge in [-0.1, -0.05) is 105 Å². The van der Waals surface area contributed by atoms with Crippen LogP contribution in [0, 0.1) is 29.6 Å². The first-order valence-corrected chi connectivity index (χ1v) is 33.7. The van der Waals surface area contributed by atoms with E-state index in [1.807, 2.05) is 10.6 Å². The molecule has 0 unspecified atom stereocenters. The molecule has 38 heteroatoms. The summed E-state index contributed by atoms with van der Waals surface area (Å²) >= 11 is 0. The molecule has 1 aromatic rings. The number of alkyl carbamates (subject to hydrolysis) is 1. The molecule has 1 saturated heterocycles. The molecule has 1 heterocycles. The molecule has 12 amide bonds. The molecule has 3 rings (SSSR count). The highest BCUT2D eigenvalue weighted by atomic mass is 19.4. The van der Waals surface area contributed by atoms with Gasteiger partial charge in [0.1, 0.15) is 66.1 Å². The minimum atomic E-state index is -5.78. The number of cyclic esters (lactones) is 1. The van der Waals surface area contributed by atoms with E-state index in [-0.39, 0.29) is 68.4 Å². The lowest BCUT2D eigenvalue weighted by Gasteiger charge is -2.35.